The average molecular weight is 435 g/mol. The number of carbonyl (C=O) groups excluding carboxylic acids is 1. The van der Waals surface area contributed by atoms with Crippen LogP contribution in [0.25, 0.3) is 17.0 Å². The number of benzene rings is 1. The summed E-state index contributed by atoms with van der Waals surface area (Å²) in [6.45, 7) is 3.03. The van der Waals surface area contributed by atoms with Gasteiger partial charge in [-0.15, -0.1) is 0 Å². The Bertz CT molecular complexity index is 1350. The van der Waals surface area contributed by atoms with Crippen LogP contribution in [0.1, 0.15) is 21.9 Å². The molecule has 4 aromatic rings. The minimum absolute atomic E-state index is 0.197. The van der Waals surface area contributed by atoms with E-state index in [0.29, 0.717) is 47.6 Å². The fourth-order valence-corrected chi connectivity index (χ4v) is 4.00. The van der Waals surface area contributed by atoms with Crippen LogP contribution in [0.3, 0.4) is 0 Å². The first kappa shape index (κ1) is 19.4. The first-order valence-corrected chi connectivity index (χ1v) is 10.3. The molecule has 5 rings (SSSR count). The number of amides is 1. The van der Waals surface area contributed by atoms with Crippen LogP contribution in [-0.2, 0) is 13.1 Å². The third kappa shape index (κ3) is 3.57. The SMILES string of the molecule is Cc1cn(-c2ccc3n(c2=O)CCN(Cc2ccc(-c4cccc(Cl)c4)o2)C3=O)cn1. The molecule has 4 heterocycles. The number of rotatable bonds is 4. The number of aryl methyl sites for hydroxylation is 1. The summed E-state index contributed by atoms with van der Waals surface area (Å²) in [7, 11) is 0. The normalized spacial score (nSPS) is 13.5. The Morgan fingerprint density at radius 1 is 1.10 bits per heavy atom. The highest BCUT2D eigenvalue weighted by molar-refractivity contribution is 6.30. The van der Waals surface area contributed by atoms with Crippen LogP contribution in [0.5, 0.6) is 0 Å². The second-order valence-corrected chi connectivity index (χ2v) is 7.92. The molecule has 0 saturated carbocycles. The third-order valence-electron chi connectivity index (χ3n) is 5.36. The van der Waals surface area contributed by atoms with Crippen molar-refractivity contribution in [2.45, 2.75) is 20.0 Å². The first-order valence-electron chi connectivity index (χ1n) is 9.88. The van der Waals surface area contributed by atoms with E-state index in [-0.39, 0.29) is 11.5 Å². The monoisotopic (exact) mass is 434 g/mol. The number of fused-ring (bicyclic) bond motifs is 1. The minimum atomic E-state index is -0.204. The molecule has 3 aromatic heterocycles. The molecule has 0 atom stereocenters. The van der Waals surface area contributed by atoms with Crippen molar-refractivity contribution in [3.63, 3.8) is 0 Å². The van der Waals surface area contributed by atoms with Gasteiger partial charge in [-0.05, 0) is 43.3 Å². The minimum Gasteiger partial charge on any atom is -0.459 e. The molecule has 1 aliphatic heterocycles. The number of aromatic nitrogens is 3. The van der Waals surface area contributed by atoms with Crippen molar-refractivity contribution in [2.24, 2.45) is 0 Å². The molecule has 0 fully saturated rings. The van der Waals surface area contributed by atoms with E-state index in [4.69, 9.17) is 16.0 Å². The van der Waals surface area contributed by atoms with Gasteiger partial charge < -0.3 is 18.5 Å². The summed E-state index contributed by atoms with van der Waals surface area (Å²) in [6.07, 6.45) is 3.39. The lowest BCUT2D eigenvalue weighted by molar-refractivity contribution is 0.0674. The van der Waals surface area contributed by atoms with Gasteiger partial charge in [0.05, 0.1) is 18.6 Å². The van der Waals surface area contributed by atoms with Gasteiger partial charge in [-0.25, -0.2) is 4.98 Å². The van der Waals surface area contributed by atoms with E-state index >= 15 is 0 Å². The van der Waals surface area contributed by atoms with E-state index in [0.717, 1.165) is 11.3 Å². The number of halogens is 1. The molecule has 8 heteroatoms. The Balaban J connectivity index is 1.38. The largest absolute Gasteiger partial charge is 0.459 e. The maximum absolute atomic E-state index is 13.0. The van der Waals surface area contributed by atoms with Crippen molar-refractivity contribution in [3.8, 4) is 17.0 Å². The number of imidazole rings is 1. The standard InChI is InChI=1S/C23H19ClN4O3/c1-15-12-27(14-25-15)19-6-7-20-22(29)26(9-10-28(20)23(19)30)13-18-5-8-21(31-18)16-3-2-4-17(24)11-16/h2-8,11-12,14H,9-10,13H2,1H3. The molecule has 0 aliphatic carbocycles. The molecule has 0 radical (unpaired) electrons. The van der Waals surface area contributed by atoms with Crippen molar-refractivity contribution in [3.05, 3.63) is 93.6 Å². The van der Waals surface area contributed by atoms with E-state index in [1.807, 2.05) is 37.3 Å². The highest BCUT2D eigenvalue weighted by atomic mass is 35.5. The summed E-state index contributed by atoms with van der Waals surface area (Å²) in [5.74, 6) is 1.17. The topological polar surface area (TPSA) is 73.3 Å². The van der Waals surface area contributed by atoms with Gasteiger partial charge in [-0.1, -0.05) is 23.7 Å². The highest BCUT2D eigenvalue weighted by Gasteiger charge is 2.27. The molecule has 31 heavy (non-hydrogen) atoms. The van der Waals surface area contributed by atoms with Crippen molar-refractivity contribution >= 4 is 17.5 Å². The first-order chi connectivity index (χ1) is 15.0. The summed E-state index contributed by atoms with van der Waals surface area (Å²) < 4.78 is 9.15. The van der Waals surface area contributed by atoms with Crippen LogP contribution in [0.2, 0.25) is 5.02 Å². The second kappa shape index (κ2) is 7.59. The molecule has 0 saturated heterocycles. The maximum atomic E-state index is 13.0. The molecule has 7 nitrogen and oxygen atoms in total. The lowest BCUT2D eigenvalue weighted by Gasteiger charge is -2.29. The Morgan fingerprint density at radius 3 is 2.74 bits per heavy atom. The van der Waals surface area contributed by atoms with Crippen LogP contribution >= 0.6 is 11.6 Å². The van der Waals surface area contributed by atoms with E-state index < -0.39 is 0 Å². The Kier molecular flexibility index (Phi) is 4.75. The van der Waals surface area contributed by atoms with Crippen LogP contribution in [0.15, 0.2) is 70.3 Å². The van der Waals surface area contributed by atoms with Crippen molar-refractivity contribution in [2.75, 3.05) is 6.54 Å². The van der Waals surface area contributed by atoms with Crippen LogP contribution < -0.4 is 5.56 Å². The van der Waals surface area contributed by atoms with Crippen LogP contribution in [-0.4, -0.2) is 31.5 Å². The number of furan rings is 1. The summed E-state index contributed by atoms with van der Waals surface area (Å²) in [4.78, 5) is 31.8. The fourth-order valence-electron chi connectivity index (χ4n) is 3.81. The van der Waals surface area contributed by atoms with E-state index in [2.05, 4.69) is 4.98 Å². The van der Waals surface area contributed by atoms with Crippen LogP contribution in [0.4, 0.5) is 0 Å². The van der Waals surface area contributed by atoms with Crippen molar-refractivity contribution in [1.29, 1.82) is 0 Å². The van der Waals surface area contributed by atoms with Gasteiger partial charge in [0.1, 0.15) is 22.9 Å². The molecule has 0 N–H and O–H groups in total. The van der Waals surface area contributed by atoms with Gasteiger partial charge in [0.25, 0.3) is 11.5 Å². The van der Waals surface area contributed by atoms with E-state index in [1.54, 1.807) is 40.2 Å². The number of hydrogen-bond donors (Lipinski definition) is 0. The zero-order valence-electron chi connectivity index (χ0n) is 16.8. The smallest absolute Gasteiger partial charge is 0.275 e. The highest BCUT2D eigenvalue weighted by Crippen LogP contribution is 2.26. The predicted molar refractivity (Wildman–Crippen MR) is 116 cm³/mol. The molecule has 0 spiro atoms. The molecule has 1 amide bonds. The summed E-state index contributed by atoms with van der Waals surface area (Å²) in [6, 6.07) is 14.5. The van der Waals surface area contributed by atoms with Gasteiger partial charge >= 0.3 is 0 Å². The van der Waals surface area contributed by atoms with Gasteiger partial charge in [-0.3, -0.25) is 9.59 Å². The number of hydrogen-bond acceptors (Lipinski definition) is 4. The average Bonchev–Trinajstić information content (AvgIpc) is 3.40. The Labute approximate surface area is 183 Å². The summed E-state index contributed by atoms with van der Waals surface area (Å²) in [5.41, 5.74) is 2.34. The lowest BCUT2D eigenvalue weighted by Crippen LogP contribution is -2.44. The van der Waals surface area contributed by atoms with Crippen molar-refractivity contribution in [1.82, 2.24) is 19.0 Å². The van der Waals surface area contributed by atoms with E-state index in [9.17, 15) is 9.59 Å². The molecular weight excluding hydrogens is 416 g/mol. The molecule has 1 aromatic carbocycles. The Morgan fingerprint density at radius 2 is 1.97 bits per heavy atom. The molecule has 1 aliphatic rings. The molecule has 0 bridgehead atoms. The van der Waals surface area contributed by atoms with Gasteiger partial charge in [0, 0.05) is 29.9 Å². The molecule has 156 valence electrons. The zero-order valence-corrected chi connectivity index (χ0v) is 17.5. The molecule has 0 unspecified atom stereocenters. The Hall–Kier alpha value is -3.58. The zero-order chi connectivity index (χ0) is 21.5. The predicted octanol–water partition coefficient (Wildman–Crippen LogP) is 3.91. The second-order valence-electron chi connectivity index (χ2n) is 7.49. The van der Waals surface area contributed by atoms with Crippen molar-refractivity contribution < 1.29 is 9.21 Å². The van der Waals surface area contributed by atoms with Crippen LogP contribution in [0, 0.1) is 6.92 Å². The molecular formula is C23H19ClN4O3. The maximum Gasteiger partial charge on any atom is 0.275 e. The number of carbonyl (C=O) groups is 1. The van der Waals surface area contributed by atoms with E-state index in [1.165, 1.54) is 4.57 Å². The van der Waals surface area contributed by atoms with Gasteiger partial charge in [0.15, 0.2) is 0 Å². The third-order valence-corrected chi connectivity index (χ3v) is 5.60. The van der Waals surface area contributed by atoms with Gasteiger partial charge in [0.2, 0.25) is 0 Å². The quantitative estimate of drug-likeness (QED) is 0.488. The summed E-state index contributed by atoms with van der Waals surface area (Å²) in [5, 5.41) is 0.633. The van der Waals surface area contributed by atoms with Gasteiger partial charge in [-0.2, -0.15) is 0 Å². The number of nitrogens with zero attached hydrogens (tertiary/aromatic N) is 4. The lowest BCUT2D eigenvalue weighted by atomic mass is 10.2. The number of pyridine rings is 1. The fraction of sp³-hybridized carbons (Fsp3) is 0.174. The summed E-state index contributed by atoms with van der Waals surface area (Å²) >= 11 is 6.06.